The van der Waals surface area contributed by atoms with Crippen LogP contribution >= 0.6 is 0 Å². The highest BCUT2D eigenvalue weighted by Crippen LogP contribution is 2.05. The van der Waals surface area contributed by atoms with Gasteiger partial charge in [0.2, 0.25) is 0 Å². The second kappa shape index (κ2) is 6.44. The van der Waals surface area contributed by atoms with Gasteiger partial charge in [0, 0.05) is 19.0 Å². The third-order valence-corrected chi connectivity index (χ3v) is 2.64. The van der Waals surface area contributed by atoms with Crippen LogP contribution in [0.15, 0.2) is 53.7 Å². The summed E-state index contributed by atoms with van der Waals surface area (Å²) in [5, 5.41) is 8.79. The molecule has 0 saturated heterocycles. The van der Waals surface area contributed by atoms with Gasteiger partial charge in [-0.15, -0.1) is 0 Å². The molecule has 4 heteroatoms. The van der Waals surface area contributed by atoms with Gasteiger partial charge in [-0.1, -0.05) is 18.2 Å². The molecule has 0 radical (unpaired) electrons. The molecule has 0 bridgehead atoms. The van der Waals surface area contributed by atoms with E-state index in [4.69, 9.17) is 5.11 Å². The van der Waals surface area contributed by atoms with Gasteiger partial charge in [0.05, 0.1) is 11.3 Å². The van der Waals surface area contributed by atoms with Crippen LogP contribution in [0.25, 0.3) is 0 Å². The van der Waals surface area contributed by atoms with E-state index >= 15 is 0 Å². The van der Waals surface area contributed by atoms with Gasteiger partial charge in [0.25, 0.3) is 0 Å². The molecule has 2 aromatic rings. The molecule has 96 valence electrons. The van der Waals surface area contributed by atoms with E-state index in [0.29, 0.717) is 12.1 Å². The molecule has 1 aromatic heterocycles. The zero-order valence-electron chi connectivity index (χ0n) is 10.4. The summed E-state index contributed by atoms with van der Waals surface area (Å²) < 4.78 is 0. The van der Waals surface area contributed by atoms with Crippen molar-refractivity contribution in [1.29, 1.82) is 0 Å². The largest absolute Gasteiger partial charge is 0.478 e. The second-order valence-electron chi connectivity index (χ2n) is 4.04. The molecular formula is C15H14N2O2. The quantitative estimate of drug-likeness (QED) is 0.833. The third kappa shape index (κ3) is 4.03. The summed E-state index contributed by atoms with van der Waals surface area (Å²) in [6.45, 7) is 0.656. The first kappa shape index (κ1) is 13.0. The van der Waals surface area contributed by atoms with E-state index in [0.717, 1.165) is 17.7 Å². The van der Waals surface area contributed by atoms with E-state index in [2.05, 4.69) is 9.98 Å². The molecule has 0 atom stereocenters. The molecule has 1 aromatic carbocycles. The summed E-state index contributed by atoms with van der Waals surface area (Å²) >= 11 is 0. The summed E-state index contributed by atoms with van der Waals surface area (Å²) in [4.78, 5) is 19.1. The Bertz CT molecular complexity index is 562. The number of pyridine rings is 1. The van der Waals surface area contributed by atoms with Crippen molar-refractivity contribution in [3.05, 3.63) is 65.5 Å². The number of hydrogen-bond donors (Lipinski definition) is 1. The maximum atomic E-state index is 10.7. The number of carbonyl (C=O) groups is 1. The molecule has 19 heavy (non-hydrogen) atoms. The normalized spacial score (nSPS) is 10.7. The molecule has 0 spiro atoms. The fraction of sp³-hybridized carbons (Fsp3) is 0.133. The number of carboxylic acid groups (broad SMARTS) is 1. The molecule has 4 nitrogen and oxygen atoms in total. The molecule has 0 fully saturated rings. The molecule has 2 rings (SSSR count). The molecule has 0 saturated carbocycles. The highest BCUT2D eigenvalue weighted by Gasteiger charge is 2.00. The molecule has 1 heterocycles. The SMILES string of the molecule is O=C(O)c1ccc(CCN=Cc2ccccn2)cc1. The van der Waals surface area contributed by atoms with E-state index in [-0.39, 0.29) is 0 Å². The number of rotatable bonds is 5. The molecule has 0 aliphatic carbocycles. The van der Waals surface area contributed by atoms with Crippen molar-refractivity contribution in [2.24, 2.45) is 4.99 Å². The summed E-state index contributed by atoms with van der Waals surface area (Å²) in [6, 6.07) is 12.5. The second-order valence-corrected chi connectivity index (χ2v) is 4.04. The van der Waals surface area contributed by atoms with Crippen LogP contribution < -0.4 is 0 Å². The van der Waals surface area contributed by atoms with Crippen LogP contribution in [0.1, 0.15) is 21.6 Å². The lowest BCUT2D eigenvalue weighted by Gasteiger charge is -1.99. The number of aromatic nitrogens is 1. The van der Waals surface area contributed by atoms with Gasteiger partial charge in [-0.3, -0.25) is 9.98 Å². The van der Waals surface area contributed by atoms with Crippen LogP contribution in [-0.4, -0.2) is 28.8 Å². The lowest BCUT2D eigenvalue weighted by molar-refractivity contribution is 0.0697. The highest BCUT2D eigenvalue weighted by molar-refractivity contribution is 5.87. The average molecular weight is 254 g/mol. The Kier molecular flexibility index (Phi) is 4.39. The summed E-state index contributed by atoms with van der Waals surface area (Å²) in [7, 11) is 0. The van der Waals surface area contributed by atoms with Crippen LogP contribution in [-0.2, 0) is 6.42 Å². The van der Waals surface area contributed by atoms with Crippen molar-refractivity contribution in [2.75, 3.05) is 6.54 Å². The molecule has 0 amide bonds. The Hall–Kier alpha value is -2.49. The minimum Gasteiger partial charge on any atom is -0.478 e. The highest BCUT2D eigenvalue weighted by atomic mass is 16.4. The monoisotopic (exact) mass is 254 g/mol. The smallest absolute Gasteiger partial charge is 0.335 e. The molecule has 0 unspecified atom stereocenters. The Balaban J connectivity index is 1.86. The maximum Gasteiger partial charge on any atom is 0.335 e. The Labute approximate surface area is 111 Å². The maximum absolute atomic E-state index is 10.7. The lowest BCUT2D eigenvalue weighted by atomic mass is 10.1. The first-order valence-electron chi connectivity index (χ1n) is 5.99. The summed E-state index contributed by atoms with van der Waals surface area (Å²) in [5.74, 6) is -0.903. The van der Waals surface area contributed by atoms with E-state index in [1.54, 1.807) is 24.5 Å². The van der Waals surface area contributed by atoms with E-state index < -0.39 is 5.97 Å². The average Bonchev–Trinajstić information content (AvgIpc) is 2.45. The molecule has 0 aliphatic heterocycles. The predicted octanol–water partition coefficient (Wildman–Crippen LogP) is 2.44. The predicted molar refractivity (Wildman–Crippen MR) is 73.8 cm³/mol. The van der Waals surface area contributed by atoms with Gasteiger partial charge < -0.3 is 5.11 Å². The minimum atomic E-state index is -0.903. The van der Waals surface area contributed by atoms with Crippen molar-refractivity contribution in [1.82, 2.24) is 4.98 Å². The zero-order chi connectivity index (χ0) is 13.5. The third-order valence-electron chi connectivity index (χ3n) is 2.64. The van der Waals surface area contributed by atoms with E-state index in [1.165, 1.54) is 0 Å². The number of aliphatic imine (C=N–C) groups is 1. The van der Waals surface area contributed by atoms with Crippen LogP contribution in [0.3, 0.4) is 0 Å². The van der Waals surface area contributed by atoms with Gasteiger partial charge in [-0.05, 0) is 36.2 Å². The first-order valence-corrected chi connectivity index (χ1v) is 5.99. The van der Waals surface area contributed by atoms with Crippen molar-refractivity contribution < 1.29 is 9.90 Å². The zero-order valence-corrected chi connectivity index (χ0v) is 10.4. The summed E-state index contributed by atoms with van der Waals surface area (Å²) in [6.07, 6.45) is 4.25. The number of nitrogens with zero attached hydrogens (tertiary/aromatic N) is 2. The Morgan fingerprint density at radius 3 is 2.63 bits per heavy atom. The van der Waals surface area contributed by atoms with E-state index in [1.807, 2.05) is 30.3 Å². The van der Waals surface area contributed by atoms with Crippen LogP contribution in [0.2, 0.25) is 0 Å². The van der Waals surface area contributed by atoms with Crippen molar-refractivity contribution in [3.63, 3.8) is 0 Å². The van der Waals surface area contributed by atoms with Gasteiger partial charge >= 0.3 is 5.97 Å². The molecular weight excluding hydrogens is 240 g/mol. The standard InChI is InChI=1S/C15H14N2O2/c18-15(19)13-6-4-12(5-7-13)8-10-16-11-14-3-1-2-9-17-14/h1-7,9,11H,8,10H2,(H,18,19). The Morgan fingerprint density at radius 2 is 2.00 bits per heavy atom. The van der Waals surface area contributed by atoms with Gasteiger partial charge in [0.1, 0.15) is 0 Å². The fourth-order valence-corrected chi connectivity index (χ4v) is 1.62. The number of benzene rings is 1. The van der Waals surface area contributed by atoms with Gasteiger partial charge in [-0.25, -0.2) is 4.79 Å². The van der Waals surface area contributed by atoms with Crippen molar-refractivity contribution in [3.8, 4) is 0 Å². The topological polar surface area (TPSA) is 62.5 Å². The van der Waals surface area contributed by atoms with Gasteiger partial charge in [0.15, 0.2) is 0 Å². The van der Waals surface area contributed by atoms with Crippen LogP contribution in [0.5, 0.6) is 0 Å². The fourth-order valence-electron chi connectivity index (χ4n) is 1.62. The number of aromatic carboxylic acids is 1. The molecule has 0 aliphatic rings. The number of hydrogen-bond acceptors (Lipinski definition) is 3. The van der Waals surface area contributed by atoms with Crippen LogP contribution in [0.4, 0.5) is 0 Å². The van der Waals surface area contributed by atoms with E-state index in [9.17, 15) is 4.79 Å². The Morgan fingerprint density at radius 1 is 1.21 bits per heavy atom. The van der Waals surface area contributed by atoms with Gasteiger partial charge in [-0.2, -0.15) is 0 Å². The first-order chi connectivity index (χ1) is 9.25. The van der Waals surface area contributed by atoms with Crippen molar-refractivity contribution in [2.45, 2.75) is 6.42 Å². The molecule has 1 N–H and O–H groups in total. The summed E-state index contributed by atoms with van der Waals surface area (Å²) in [5.41, 5.74) is 2.22. The number of carboxylic acids is 1. The van der Waals surface area contributed by atoms with Crippen LogP contribution in [0, 0.1) is 0 Å². The van der Waals surface area contributed by atoms with Crippen molar-refractivity contribution >= 4 is 12.2 Å². The lowest BCUT2D eigenvalue weighted by Crippen LogP contribution is -1.97. The minimum absolute atomic E-state index is 0.306.